The van der Waals surface area contributed by atoms with Crippen molar-refractivity contribution >= 4 is 13.7 Å². The van der Waals surface area contributed by atoms with Gasteiger partial charge in [-0.3, -0.25) is 9.32 Å². The summed E-state index contributed by atoms with van der Waals surface area (Å²) in [5, 5.41) is 12.8. The van der Waals surface area contributed by atoms with E-state index in [4.69, 9.17) is 9.79 Å². The second kappa shape index (κ2) is 20.2. The third-order valence-corrected chi connectivity index (χ3v) is 5.90. The maximum absolute atomic E-state index is 11.9. The lowest BCUT2D eigenvalue weighted by molar-refractivity contribution is -0.893. The van der Waals surface area contributed by atoms with Crippen LogP contribution in [0.25, 0.3) is 0 Å². The van der Waals surface area contributed by atoms with Gasteiger partial charge in [0, 0.05) is 19.4 Å². The molecule has 0 saturated carbocycles. The molecule has 0 aromatic carbocycles. The molecule has 10 heteroatoms. The van der Waals surface area contributed by atoms with Gasteiger partial charge in [-0.15, -0.1) is 0 Å². The van der Waals surface area contributed by atoms with Gasteiger partial charge < -0.3 is 37.1 Å². The number of hydrogen-bond donors (Lipinski definition) is 4. The Hall–Kier alpha value is -0.210. The van der Waals surface area contributed by atoms with Crippen LogP contribution in [0.15, 0.2) is 0 Å². The molecular formula is C22H48ClN2O6P. The number of phosphoric acid groups is 1. The maximum atomic E-state index is 11.9. The zero-order chi connectivity index (χ0) is 23.6. The summed E-state index contributed by atoms with van der Waals surface area (Å²) in [6.45, 7) is 3.47. The van der Waals surface area contributed by atoms with Gasteiger partial charge in [0.15, 0.2) is 0 Å². The molecule has 0 aliphatic carbocycles. The highest BCUT2D eigenvalue weighted by molar-refractivity contribution is 7.46. The van der Waals surface area contributed by atoms with Crippen molar-refractivity contribution in [2.24, 2.45) is 0 Å². The first kappa shape index (κ1) is 34.0. The van der Waals surface area contributed by atoms with Crippen LogP contribution in [0.3, 0.4) is 0 Å². The summed E-state index contributed by atoms with van der Waals surface area (Å²) in [7, 11) is -0.713. The topological polar surface area (TPSA) is 116 Å². The third-order valence-electron chi connectivity index (χ3n) is 5.41. The molecule has 32 heavy (non-hydrogen) atoms. The zero-order valence-electron chi connectivity index (χ0n) is 20.4. The Balaban J connectivity index is 0. The van der Waals surface area contributed by atoms with Crippen molar-refractivity contribution in [2.45, 2.75) is 96.5 Å². The van der Waals surface area contributed by atoms with Crippen molar-refractivity contribution in [3.05, 3.63) is 0 Å². The minimum Gasteiger partial charge on any atom is -1.00 e. The second-order valence-corrected chi connectivity index (χ2v) is 10.5. The number of carbonyl (C=O) groups excluding carboxylic acids is 1. The number of phosphoric ester groups is 1. The van der Waals surface area contributed by atoms with E-state index in [2.05, 4.69) is 16.8 Å². The molecule has 0 aliphatic rings. The van der Waals surface area contributed by atoms with Gasteiger partial charge in [0.05, 0.1) is 27.2 Å². The number of quaternary nitrogens is 1. The highest BCUT2D eigenvalue weighted by Gasteiger charge is 2.23. The summed E-state index contributed by atoms with van der Waals surface area (Å²) in [6, 6.07) is 0. The van der Waals surface area contributed by atoms with Crippen molar-refractivity contribution in [2.75, 3.05) is 40.3 Å². The molecule has 0 heterocycles. The SMILES string of the molecule is CCCCCCCCCCCCCC(=O)NCCC[N+](C)(C)CC(O)COP(=O)(O)O.[Cl-]. The zero-order valence-corrected chi connectivity index (χ0v) is 22.1. The quantitative estimate of drug-likeness (QED) is 0.104. The molecule has 8 nitrogen and oxygen atoms in total. The van der Waals surface area contributed by atoms with Crippen LogP contribution in [0.2, 0.25) is 0 Å². The van der Waals surface area contributed by atoms with Crippen LogP contribution in [0.4, 0.5) is 0 Å². The molecule has 0 fully saturated rings. The van der Waals surface area contributed by atoms with Crippen molar-refractivity contribution in [3.63, 3.8) is 0 Å². The molecule has 1 unspecified atom stereocenters. The summed E-state index contributed by atoms with van der Waals surface area (Å²) in [5.41, 5.74) is 0. The Labute approximate surface area is 201 Å². The van der Waals surface area contributed by atoms with Crippen LogP contribution in [0.5, 0.6) is 0 Å². The predicted molar refractivity (Wildman–Crippen MR) is 125 cm³/mol. The van der Waals surface area contributed by atoms with Crippen molar-refractivity contribution in [3.8, 4) is 0 Å². The molecular weight excluding hydrogens is 455 g/mol. The molecule has 0 spiro atoms. The largest absolute Gasteiger partial charge is 1.00 e. The lowest BCUT2D eigenvalue weighted by atomic mass is 10.1. The van der Waals surface area contributed by atoms with E-state index in [0.717, 1.165) is 25.8 Å². The number of hydrogen-bond acceptors (Lipinski definition) is 4. The van der Waals surface area contributed by atoms with E-state index in [1.807, 2.05) is 14.1 Å². The average molecular weight is 503 g/mol. The van der Waals surface area contributed by atoms with Gasteiger partial charge in [0.25, 0.3) is 0 Å². The fourth-order valence-electron chi connectivity index (χ4n) is 3.67. The standard InChI is InChI=1S/C22H47N2O6P.ClH/c1-4-5-6-7-8-9-10-11-12-13-14-16-22(26)23-17-15-18-24(2,3)19-21(25)20-30-31(27,28)29;/h21,25H,4-20H2,1-3H3,(H2-,23,26,27,28,29);1H. The van der Waals surface area contributed by atoms with E-state index in [0.29, 0.717) is 24.0 Å². The number of aliphatic hydroxyl groups excluding tert-OH is 1. The molecule has 1 atom stereocenters. The van der Waals surface area contributed by atoms with Crippen LogP contribution in [-0.2, 0) is 13.9 Å². The van der Waals surface area contributed by atoms with E-state index in [1.165, 1.54) is 57.8 Å². The number of nitrogens with one attached hydrogen (secondary N) is 1. The van der Waals surface area contributed by atoms with Crippen LogP contribution in [-0.4, -0.2) is 71.7 Å². The van der Waals surface area contributed by atoms with E-state index in [-0.39, 0.29) is 18.3 Å². The number of amides is 1. The third kappa shape index (κ3) is 24.4. The van der Waals surface area contributed by atoms with Gasteiger partial charge in [0.1, 0.15) is 12.6 Å². The van der Waals surface area contributed by atoms with Gasteiger partial charge in [-0.2, -0.15) is 0 Å². The average Bonchev–Trinajstić information content (AvgIpc) is 2.67. The highest BCUT2D eigenvalue weighted by Crippen LogP contribution is 2.35. The maximum Gasteiger partial charge on any atom is 0.469 e. The van der Waals surface area contributed by atoms with Crippen LogP contribution >= 0.6 is 7.82 Å². The first-order valence-corrected chi connectivity index (χ1v) is 13.6. The molecule has 1 amide bonds. The highest BCUT2D eigenvalue weighted by atomic mass is 35.5. The molecule has 0 aromatic rings. The van der Waals surface area contributed by atoms with Crippen molar-refractivity contribution < 1.29 is 45.7 Å². The van der Waals surface area contributed by atoms with E-state index in [9.17, 15) is 14.5 Å². The number of rotatable bonds is 21. The molecule has 0 saturated heterocycles. The molecule has 4 N–H and O–H groups in total. The lowest BCUT2D eigenvalue weighted by Crippen LogP contribution is -3.00. The predicted octanol–water partition coefficient (Wildman–Crippen LogP) is 0.744. The Morgan fingerprint density at radius 3 is 1.94 bits per heavy atom. The number of likely N-dealkylation sites (N-methyl/N-ethyl adjacent to an activating group) is 1. The summed E-state index contributed by atoms with van der Waals surface area (Å²) >= 11 is 0. The number of nitrogens with zero attached hydrogens (tertiary/aromatic N) is 1. The second-order valence-electron chi connectivity index (χ2n) is 9.27. The Morgan fingerprint density at radius 1 is 0.938 bits per heavy atom. The van der Waals surface area contributed by atoms with Crippen molar-refractivity contribution in [1.29, 1.82) is 0 Å². The number of carbonyl (C=O) groups is 1. The number of aliphatic hydroxyl groups is 1. The minimum absolute atomic E-state index is 0. The molecule has 0 aromatic heterocycles. The Kier molecular flexibility index (Phi) is 21.4. The summed E-state index contributed by atoms with van der Waals surface area (Å²) in [5.74, 6) is 0.0938. The van der Waals surface area contributed by atoms with Crippen LogP contribution in [0.1, 0.15) is 90.4 Å². The van der Waals surface area contributed by atoms with Crippen LogP contribution < -0.4 is 17.7 Å². The van der Waals surface area contributed by atoms with Crippen LogP contribution in [0, 0.1) is 0 Å². The Morgan fingerprint density at radius 2 is 1.44 bits per heavy atom. The summed E-state index contributed by atoms with van der Waals surface area (Å²) < 4.78 is 15.5. The Bertz CT molecular complexity index is 505. The number of unbranched alkanes of at least 4 members (excludes halogenated alkanes) is 10. The normalized spacial score (nSPS) is 12.9. The summed E-state index contributed by atoms with van der Waals surface area (Å²) in [6.07, 6.45) is 14.3. The van der Waals surface area contributed by atoms with Gasteiger partial charge in [-0.1, -0.05) is 71.1 Å². The first-order valence-electron chi connectivity index (χ1n) is 12.0. The van der Waals surface area contributed by atoms with E-state index >= 15 is 0 Å². The van der Waals surface area contributed by atoms with Gasteiger partial charge in [-0.05, 0) is 6.42 Å². The fourth-order valence-corrected chi connectivity index (χ4v) is 4.04. The molecule has 0 rings (SSSR count). The van der Waals surface area contributed by atoms with Gasteiger partial charge in [0.2, 0.25) is 5.91 Å². The molecule has 0 bridgehead atoms. The molecule has 194 valence electrons. The lowest BCUT2D eigenvalue weighted by Gasteiger charge is -2.31. The smallest absolute Gasteiger partial charge is 0.469 e. The fraction of sp³-hybridized carbons (Fsp3) is 0.955. The van der Waals surface area contributed by atoms with Crippen molar-refractivity contribution in [1.82, 2.24) is 5.32 Å². The van der Waals surface area contributed by atoms with E-state index < -0.39 is 20.5 Å². The molecule has 0 aliphatic heterocycles. The monoisotopic (exact) mass is 502 g/mol. The summed E-state index contributed by atoms with van der Waals surface area (Å²) in [4.78, 5) is 29.3. The van der Waals surface area contributed by atoms with Gasteiger partial charge in [-0.25, -0.2) is 4.57 Å². The minimum atomic E-state index is -4.56. The number of halogens is 1. The molecule has 0 radical (unpaired) electrons. The first-order chi connectivity index (χ1) is 14.6. The van der Waals surface area contributed by atoms with Gasteiger partial charge >= 0.3 is 7.82 Å². The van der Waals surface area contributed by atoms with E-state index in [1.54, 1.807) is 0 Å².